The van der Waals surface area contributed by atoms with Gasteiger partial charge in [-0.3, -0.25) is 14.4 Å². The molecule has 1 aliphatic rings. The Morgan fingerprint density at radius 1 is 1.36 bits per heavy atom. The standard InChI is InChI=1S/C15H17FN2O4/c16-12-3-1-2-10(6-12)7-13(19)17-8-14(20)18-5-4-11(9-18)15(21)22/h1-3,6,11H,4-5,7-9H2,(H,17,19)(H,21,22). The first kappa shape index (κ1) is 15.9. The number of halogens is 1. The van der Waals surface area contributed by atoms with E-state index in [-0.39, 0.29) is 31.3 Å². The van der Waals surface area contributed by atoms with E-state index in [1.807, 2.05) is 0 Å². The summed E-state index contributed by atoms with van der Waals surface area (Å²) in [6.45, 7) is 0.379. The van der Waals surface area contributed by atoms with E-state index in [1.54, 1.807) is 6.07 Å². The molecule has 0 saturated carbocycles. The maximum absolute atomic E-state index is 13.0. The number of hydrogen-bond donors (Lipinski definition) is 2. The highest BCUT2D eigenvalue weighted by Gasteiger charge is 2.30. The average Bonchev–Trinajstić information content (AvgIpc) is 2.95. The molecule has 2 rings (SSSR count). The smallest absolute Gasteiger partial charge is 0.308 e. The molecule has 0 radical (unpaired) electrons. The lowest BCUT2D eigenvalue weighted by atomic mass is 10.1. The average molecular weight is 308 g/mol. The Labute approximate surface area is 126 Å². The molecule has 22 heavy (non-hydrogen) atoms. The largest absolute Gasteiger partial charge is 0.481 e. The summed E-state index contributed by atoms with van der Waals surface area (Å²) in [6.07, 6.45) is 0.418. The number of nitrogens with one attached hydrogen (secondary N) is 1. The molecule has 1 aliphatic heterocycles. The SMILES string of the molecule is O=C(Cc1cccc(F)c1)NCC(=O)N1CCC(C(=O)O)C1. The van der Waals surface area contributed by atoms with Gasteiger partial charge in [-0.05, 0) is 24.1 Å². The van der Waals surface area contributed by atoms with Crippen LogP contribution in [0.15, 0.2) is 24.3 Å². The van der Waals surface area contributed by atoms with Crippen molar-refractivity contribution in [3.05, 3.63) is 35.6 Å². The number of aliphatic carboxylic acids is 1. The van der Waals surface area contributed by atoms with E-state index in [0.29, 0.717) is 18.5 Å². The second kappa shape index (κ2) is 7.02. The van der Waals surface area contributed by atoms with Gasteiger partial charge in [-0.15, -0.1) is 0 Å². The zero-order valence-corrected chi connectivity index (χ0v) is 11.9. The summed E-state index contributed by atoms with van der Waals surface area (Å²) in [6, 6.07) is 5.69. The monoisotopic (exact) mass is 308 g/mol. The van der Waals surface area contributed by atoms with E-state index < -0.39 is 17.7 Å². The van der Waals surface area contributed by atoms with Crippen molar-refractivity contribution in [1.82, 2.24) is 10.2 Å². The number of carbonyl (C=O) groups is 3. The van der Waals surface area contributed by atoms with Gasteiger partial charge in [-0.2, -0.15) is 0 Å². The number of carboxylic acid groups (broad SMARTS) is 1. The fraction of sp³-hybridized carbons (Fsp3) is 0.400. The Morgan fingerprint density at radius 3 is 2.77 bits per heavy atom. The Bertz CT molecular complexity index is 591. The highest BCUT2D eigenvalue weighted by Crippen LogP contribution is 2.16. The molecule has 1 fully saturated rings. The van der Waals surface area contributed by atoms with E-state index >= 15 is 0 Å². The van der Waals surface area contributed by atoms with Crippen molar-refractivity contribution in [1.29, 1.82) is 0 Å². The van der Waals surface area contributed by atoms with E-state index in [9.17, 15) is 18.8 Å². The number of likely N-dealkylation sites (tertiary alicyclic amines) is 1. The van der Waals surface area contributed by atoms with Crippen molar-refractivity contribution >= 4 is 17.8 Å². The highest BCUT2D eigenvalue weighted by molar-refractivity contribution is 5.86. The summed E-state index contributed by atoms with van der Waals surface area (Å²) in [5.74, 6) is -2.56. The van der Waals surface area contributed by atoms with Crippen LogP contribution < -0.4 is 5.32 Å². The van der Waals surface area contributed by atoms with Crippen LogP contribution >= 0.6 is 0 Å². The number of carboxylic acids is 1. The molecule has 0 bridgehead atoms. The van der Waals surface area contributed by atoms with Crippen LogP contribution in [0.2, 0.25) is 0 Å². The van der Waals surface area contributed by atoms with Gasteiger partial charge in [-0.1, -0.05) is 12.1 Å². The summed E-state index contributed by atoms with van der Waals surface area (Å²) >= 11 is 0. The third-order valence-electron chi connectivity index (χ3n) is 3.58. The lowest BCUT2D eigenvalue weighted by Crippen LogP contribution is -2.39. The summed E-state index contributed by atoms with van der Waals surface area (Å²) < 4.78 is 13.0. The molecule has 1 saturated heterocycles. The van der Waals surface area contributed by atoms with E-state index in [0.717, 1.165) is 0 Å². The van der Waals surface area contributed by atoms with Gasteiger partial charge >= 0.3 is 5.97 Å². The number of carbonyl (C=O) groups excluding carboxylic acids is 2. The molecule has 7 heteroatoms. The minimum Gasteiger partial charge on any atom is -0.481 e. The normalized spacial score (nSPS) is 17.3. The van der Waals surface area contributed by atoms with Crippen LogP contribution in [-0.4, -0.2) is 47.4 Å². The van der Waals surface area contributed by atoms with Gasteiger partial charge in [0.05, 0.1) is 18.9 Å². The third kappa shape index (κ3) is 4.28. The molecular formula is C15H17FN2O4. The highest BCUT2D eigenvalue weighted by atomic mass is 19.1. The molecule has 0 aliphatic carbocycles. The predicted molar refractivity (Wildman–Crippen MR) is 75.4 cm³/mol. The van der Waals surface area contributed by atoms with Gasteiger partial charge in [0, 0.05) is 13.1 Å². The van der Waals surface area contributed by atoms with Crippen molar-refractivity contribution in [2.45, 2.75) is 12.8 Å². The minimum atomic E-state index is -0.912. The molecule has 1 atom stereocenters. The van der Waals surface area contributed by atoms with Crippen molar-refractivity contribution in [3.8, 4) is 0 Å². The van der Waals surface area contributed by atoms with Crippen LogP contribution in [0.4, 0.5) is 4.39 Å². The molecule has 118 valence electrons. The second-order valence-corrected chi connectivity index (χ2v) is 5.25. The maximum Gasteiger partial charge on any atom is 0.308 e. The van der Waals surface area contributed by atoms with Crippen LogP contribution in [0.1, 0.15) is 12.0 Å². The van der Waals surface area contributed by atoms with E-state index in [1.165, 1.54) is 23.1 Å². The van der Waals surface area contributed by atoms with E-state index in [2.05, 4.69) is 5.32 Å². The number of benzene rings is 1. The van der Waals surface area contributed by atoms with Gasteiger partial charge in [0.25, 0.3) is 0 Å². The van der Waals surface area contributed by atoms with Gasteiger partial charge < -0.3 is 15.3 Å². The Hall–Kier alpha value is -2.44. The molecule has 1 unspecified atom stereocenters. The molecule has 1 aromatic rings. The lowest BCUT2D eigenvalue weighted by Gasteiger charge is -2.16. The van der Waals surface area contributed by atoms with Crippen molar-refractivity contribution in [2.75, 3.05) is 19.6 Å². The second-order valence-electron chi connectivity index (χ2n) is 5.25. The molecule has 2 N–H and O–H groups in total. The topological polar surface area (TPSA) is 86.7 Å². The van der Waals surface area contributed by atoms with E-state index in [4.69, 9.17) is 5.11 Å². The summed E-state index contributed by atoms with van der Waals surface area (Å²) in [5, 5.41) is 11.4. The van der Waals surface area contributed by atoms with Crippen LogP contribution in [0.3, 0.4) is 0 Å². The molecule has 0 spiro atoms. The number of amides is 2. The predicted octanol–water partition coefficient (Wildman–Crippen LogP) is 0.417. The van der Waals surface area contributed by atoms with Crippen molar-refractivity contribution in [3.63, 3.8) is 0 Å². The summed E-state index contributed by atoms with van der Waals surface area (Å²) in [7, 11) is 0. The van der Waals surface area contributed by atoms with Crippen molar-refractivity contribution in [2.24, 2.45) is 5.92 Å². The molecule has 1 heterocycles. The number of hydrogen-bond acceptors (Lipinski definition) is 3. The van der Waals surface area contributed by atoms with Crippen LogP contribution in [0.25, 0.3) is 0 Å². The molecule has 6 nitrogen and oxygen atoms in total. The lowest BCUT2D eigenvalue weighted by molar-refractivity contribution is -0.141. The maximum atomic E-state index is 13.0. The zero-order valence-electron chi connectivity index (χ0n) is 11.9. The van der Waals surface area contributed by atoms with Crippen LogP contribution in [0.5, 0.6) is 0 Å². The number of rotatable bonds is 5. The first-order valence-electron chi connectivity index (χ1n) is 6.97. The summed E-state index contributed by atoms with van der Waals surface area (Å²) in [4.78, 5) is 35.9. The third-order valence-corrected chi connectivity index (χ3v) is 3.58. The first-order chi connectivity index (χ1) is 10.5. The molecule has 0 aromatic heterocycles. The molecule has 1 aromatic carbocycles. The Morgan fingerprint density at radius 2 is 2.14 bits per heavy atom. The minimum absolute atomic E-state index is 0.0111. The Kier molecular flexibility index (Phi) is 5.08. The summed E-state index contributed by atoms with van der Waals surface area (Å²) in [5.41, 5.74) is 0.525. The van der Waals surface area contributed by atoms with Crippen LogP contribution in [0, 0.1) is 11.7 Å². The van der Waals surface area contributed by atoms with Gasteiger partial charge in [0.2, 0.25) is 11.8 Å². The van der Waals surface area contributed by atoms with Gasteiger partial charge in [0.15, 0.2) is 0 Å². The number of nitrogens with zero attached hydrogens (tertiary/aromatic N) is 1. The van der Waals surface area contributed by atoms with Crippen LogP contribution in [-0.2, 0) is 20.8 Å². The fourth-order valence-electron chi connectivity index (χ4n) is 2.37. The van der Waals surface area contributed by atoms with Gasteiger partial charge in [0.1, 0.15) is 5.82 Å². The molecular weight excluding hydrogens is 291 g/mol. The quantitative estimate of drug-likeness (QED) is 0.825. The van der Waals surface area contributed by atoms with Crippen molar-refractivity contribution < 1.29 is 23.9 Å². The molecule has 2 amide bonds. The Balaban J connectivity index is 1.77. The first-order valence-corrected chi connectivity index (χ1v) is 6.97. The zero-order chi connectivity index (χ0) is 16.1. The van der Waals surface area contributed by atoms with Gasteiger partial charge in [-0.25, -0.2) is 4.39 Å². The fourth-order valence-corrected chi connectivity index (χ4v) is 2.37.